The molecule has 0 aromatic heterocycles. The van der Waals surface area contributed by atoms with Crippen LogP contribution >= 0.6 is 11.6 Å². The highest BCUT2D eigenvalue weighted by Crippen LogP contribution is 2.39. The molecule has 4 nitrogen and oxygen atoms in total. The lowest BCUT2D eigenvalue weighted by atomic mass is 9.86. The van der Waals surface area contributed by atoms with E-state index < -0.39 is 5.41 Å². The molecule has 1 aliphatic heterocycles. The molecule has 1 aromatic carbocycles. The van der Waals surface area contributed by atoms with Gasteiger partial charge in [0.2, 0.25) is 0 Å². The van der Waals surface area contributed by atoms with E-state index in [1.54, 1.807) is 32.9 Å². The second-order valence-electron chi connectivity index (χ2n) is 5.78. The van der Waals surface area contributed by atoms with E-state index >= 15 is 0 Å². The van der Waals surface area contributed by atoms with Gasteiger partial charge in [0.05, 0.1) is 10.6 Å². The highest BCUT2D eigenvalue weighted by Gasteiger charge is 2.25. The third kappa shape index (κ3) is 3.37. The van der Waals surface area contributed by atoms with Crippen molar-refractivity contribution < 1.29 is 14.3 Å². The molecule has 0 unspecified atom stereocenters. The van der Waals surface area contributed by atoms with Crippen LogP contribution in [-0.2, 0) is 4.79 Å². The van der Waals surface area contributed by atoms with Crippen molar-refractivity contribution in [1.82, 2.24) is 0 Å². The molecule has 110 valence electrons. The average molecular weight is 306 g/mol. The topological polar surface area (TPSA) is 59.3 Å². The molecule has 0 atom stereocenters. The highest BCUT2D eigenvalue weighted by atomic mass is 35.5. The van der Waals surface area contributed by atoms with Crippen LogP contribution in [0.25, 0.3) is 6.08 Å². The Hall–Kier alpha value is -1.99. The molecule has 0 bridgehead atoms. The van der Waals surface area contributed by atoms with Crippen LogP contribution in [0.1, 0.15) is 26.3 Å². The van der Waals surface area contributed by atoms with E-state index in [1.807, 2.05) is 6.07 Å². The smallest absolute Gasteiger partial charge is 0.179 e. The van der Waals surface area contributed by atoms with E-state index in [-0.39, 0.29) is 11.4 Å². The van der Waals surface area contributed by atoms with Crippen LogP contribution in [0.2, 0.25) is 5.02 Å². The zero-order chi connectivity index (χ0) is 15.6. The van der Waals surface area contributed by atoms with Crippen molar-refractivity contribution in [3.63, 3.8) is 0 Å². The monoisotopic (exact) mass is 305 g/mol. The summed E-state index contributed by atoms with van der Waals surface area (Å²) in [6.45, 7) is 6.22. The molecule has 0 spiro atoms. The Morgan fingerprint density at radius 3 is 2.62 bits per heavy atom. The summed E-state index contributed by atoms with van der Waals surface area (Å²) in [5, 5.41) is 9.60. The second kappa shape index (κ2) is 5.79. The lowest BCUT2D eigenvalue weighted by Gasteiger charge is -2.20. The van der Waals surface area contributed by atoms with E-state index in [0.717, 1.165) is 0 Å². The Morgan fingerprint density at radius 1 is 1.33 bits per heavy atom. The number of nitriles is 1. The predicted octanol–water partition coefficient (Wildman–Crippen LogP) is 3.63. The van der Waals surface area contributed by atoms with Crippen molar-refractivity contribution in [2.75, 3.05) is 13.2 Å². The van der Waals surface area contributed by atoms with Crippen LogP contribution in [0.4, 0.5) is 0 Å². The molecule has 1 aromatic rings. The molecular weight excluding hydrogens is 290 g/mol. The summed E-state index contributed by atoms with van der Waals surface area (Å²) in [6, 6.07) is 5.32. The van der Waals surface area contributed by atoms with Gasteiger partial charge >= 0.3 is 0 Å². The first-order chi connectivity index (χ1) is 9.82. The number of halogens is 1. The highest BCUT2D eigenvalue weighted by molar-refractivity contribution is 6.32. The van der Waals surface area contributed by atoms with Gasteiger partial charge in [-0.3, -0.25) is 4.79 Å². The first-order valence-corrected chi connectivity index (χ1v) is 6.96. The molecule has 0 fully saturated rings. The molecule has 0 aliphatic carbocycles. The fourth-order valence-electron chi connectivity index (χ4n) is 1.93. The molecule has 0 saturated carbocycles. The fourth-order valence-corrected chi connectivity index (χ4v) is 2.21. The number of allylic oxidation sites excluding steroid dienone is 1. The molecule has 0 saturated heterocycles. The summed E-state index contributed by atoms with van der Waals surface area (Å²) in [5.74, 6) is 0.817. The van der Waals surface area contributed by atoms with Crippen molar-refractivity contribution in [3.05, 3.63) is 28.3 Å². The van der Waals surface area contributed by atoms with Gasteiger partial charge in [-0.2, -0.15) is 5.26 Å². The average Bonchev–Trinajstić information content (AvgIpc) is 2.43. The number of hydrogen-bond acceptors (Lipinski definition) is 4. The number of fused-ring (bicyclic) bond motifs is 1. The number of hydrogen-bond donors (Lipinski definition) is 0. The standard InChI is InChI=1S/C16H16ClNO3/c1-16(2,3)15(19)11(9-18)6-10-7-12(17)14-13(8-10)20-4-5-21-14/h6-8H,4-5H2,1-3H3/b11-6+. The van der Waals surface area contributed by atoms with Crippen molar-refractivity contribution >= 4 is 23.5 Å². The third-order valence-corrected chi connectivity index (χ3v) is 3.26. The summed E-state index contributed by atoms with van der Waals surface area (Å²) in [6.07, 6.45) is 1.53. The predicted molar refractivity (Wildman–Crippen MR) is 80.5 cm³/mol. The molecule has 1 aliphatic rings. The number of Topliss-reactive ketones (excluding diaryl/α,β-unsaturated/α-hetero) is 1. The second-order valence-corrected chi connectivity index (χ2v) is 6.18. The van der Waals surface area contributed by atoms with Gasteiger partial charge in [0.25, 0.3) is 0 Å². The van der Waals surface area contributed by atoms with E-state index in [1.165, 1.54) is 6.08 Å². The first-order valence-electron chi connectivity index (χ1n) is 6.58. The maximum Gasteiger partial charge on any atom is 0.179 e. The normalized spacial score (nSPS) is 14.5. The fraction of sp³-hybridized carbons (Fsp3) is 0.375. The Morgan fingerprint density at radius 2 is 2.00 bits per heavy atom. The maximum absolute atomic E-state index is 12.2. The largest absolute Gasteiger partial charge is 0.486 e. The quantitative estimate of drug-likeness (QED) is 0.618. The lowest BCUT2D eigenvalue weighted by Crippen LogP contribution is -2.21. The van der Waals surface area contributed by atoms with Crippen LogP contribution in [0.3, 0.4) is 0 Å². The number of ether oxygens (including phenoxy) is 2. The third-order valence-electron chi connectivity index (χ3n) is 2.98. The molecule has 5 heteroatoms. The molecule has 0 N–H and O–H groups in total. The number of carbonyl (C=O) groups is 1. The summed E-state index contributed by atoms with van der Waals surface area (Å²) in [5.41, 5.74) is 0.118. The van der Waals surface area contributed by atoms with Gasteiger partial charge in [0.1, 0.15) is 19.3 Å². The van der Waals surface area contributed by atoms with Gasteiger partial charge < -0.3 is 9.47 Å². The molecule has 2 rings (SSSR count). The Balaban J connectivity index is 2.42. The summed E-state index contributed by atoms with van der Waals surface area (Å²) in [4.78, 5) is 12.2. The SMILES string of the molecule is CC(C)(C)C(=O)/C(C#N)=C/c1cc(Cl)c2c(c1)OCCO2. The van der Waals surface area contributed by atoms with E-state index in [0.29, 0.717) is 35.3 Å². The maximum atomic E-state index is 12.2. The van der Waals surface area contributed by atoms with Crippen molar-refractivity contribution in [2.24, 2.45) is 5.41 Å². The minimum atomic E-state index is -0.612. The van der Waals surface area contributed by atoms with Crippen LogP contribution < -0.4 is 9.47 Å². The number of carbonyl (C=O) groups excluding carboxylic acids is 1. The van der Waals surface area contributed by atoms with E-state index in [2.05, 4.69) is 0 Å². The number of ketones is 1. The molecule has 0 amide bonds. The number of rotatable bonds is 2. The van der Waals surface area contributed by atoms with Crippen molar-refractivity contribution in [2.45, 2.75) is 20.8 Å². The van der Waals surface area contributed by atoms with Gasteiger partial charge in [-0.15, -0.1) is 0 Å². The minimum Gasteiger partial charge on any atom is -0.486 e. The Bertz CT molecular complexity index is 651. The first kappa shape index (κ1) is 15.4. The van der Waals surface area contributed by atoms with Gasteiger partial charge in [-0.1, -0.05) is 32.4 Å². The molecular formula is C16H16ClNO3. The number of nitrogens with zero attached hydrogens (tertiary/aromatic N) is 1. The van der Waals surface area contributed by atoms with Crippen LogP contribution in [-0.4, -0.2) is 19.0 Å². The lowest BCUT2D eigenvalue weighted by molar-refractivity contribution is -0.121. The summed E-state index contributed by atoms with van der Waals surface area (Å²) >= 11 is 6.14. The Kier molecular flexibility index (Phi) is 4.24. The van der Waals surface area contributed by atoms with E-state index in [9.17, 15) is 10.1 Å². The van der Waals surface area contributed by atoms with Gasteiger partial charge in [-0.05, 0) is 23.8 Å². The van der Waals surface area contributed by atoms with Crippen molar-refractivity contribution in [3.8, 4) is 17.6 Å². The zero-order valence-corrected chi connectivity index (χ0v) is 13.0. The number of benzene rings is 1. The Labute approximate surface area is 128 Å². The zero-order valence-electron chi connectivity index (χ0n) is 12.2. The van der Waals surface area contributed by atoms with Crippen LogP contribution in [0.15, 0.2) is 17.7 Å². The molecule has 0 radical (unpaired) electrons. The minimum absolute atomic E-state index is 0.0928. The van der Waals surface area contributed by atoms with Gasteiger partial charge in [-0.25, -0.2) is 0 Å². The molecule has 21 heavy (non-hydrogen) atoms. The summed E-state index contributed by atoms with van der Waals surface area (Å²) in [7, 11) is 0. The van der Waals surface area contributed by atoms with Crippen LogP contribution in [0.5, 0.6) is 11.5 Å². The van der Waals surface area contributed by atoms with E-state index in [4.69, 9.17) is 21.1 Å². The van der Waals surface area contributed by atoms with Crippen LogP contribution in [0, 0.1) is 16.7 Å². The summed E-state index contributed by atoms with van der Waals surface area (Å²) < 4.78 is 10.9. The van der Waals surface area contributed by atoms with Crippen molar-refractivity contribution in [1.29, 1.82) is 5.26 Å². The van der Waals surface area contributed by atoms with Gasteiger partial charge in [0.15, 0.2) is 17.3 Å². The molecule has 1 heterocycles. The van der Waals surface area contributed by atoms with Gasteiger partial charge in [0, 0.05) is 5.41 Å².